The lowest BCUT2D eigenvalue weighted by atomic mass is 10.1. The molecule has 1 rings (SSSR count). The third kappa shape index (κ3) is 1.80. The highest BCUT2D eigenvalue weighted by molar-refractivity contribution is 14.1. The fourth-order valence-electron chi connectivity index (χ4n) is 1.04. The van der Waals surface area contributed by atoms with E-state index in [1.165, 1.54) is 0 Å². The highest BCUT2D eigenvalue weighted by Crippen LogP contribution is 2.19. The first-order chi connectivity index (χ1) is 6.07. The zero-order valence-corrected chi connectivity index (χ0v) is 9.12. The number of rotatable bonds is 1. The Hall–Kier alpha value is -1.09. The maximum Gasteiger partial charge on any atom is 0.249 e. The van der Waals surface area contributed by atoms with Gasteiger partial charge in [-0.1, -0.05) is 0 Å². The third-order valence-electron chi connectivity index (χ3n) is 1.77. The molecule has 0 aliphatic rings. The summed E-state index contributed by atoms with van der Waals surface area (Å²) in [5.41, 5.74) is 6.97. The molecule has 0 saturated heterocycles. The highest BCUT2D eigenvalue weighted by atomic mass is 127. The number of nitrogens with zero attached hydrogens (tertiary/aromatic N) is 1. The summed E-state index contributed by atoms with van der Waals surface area (Å²) < 4.78 is 0.788. The number of benzene rings is 1. The van der Waals surface area contributed by atoms with Gasteiger partial charge in [0.15, 0.2) is 0 Å². The molecule has 0 atom stereocenters. The number of nitrogens with two attached hydrogens (primary N) is 1. The van der Waals surface area contributed by atoms with E-state index < -0.39 is 5.91 Å². The predicted molar refractivity (Wildman–Crippen MR) is 57.1 cm³/mol. The van der Waals surface area contributed by atoms with E-state index in [9.17, 15) is 4.79 Å². The average Bonchev–Trinajstić information content (AvgIpc) is 2.09. The fraction of sp³-hybridized carbons (Fsp3) is 0.111. The van der Waals surface area contributed by atoms with Crippen molar-refractivity contribution in [2.24, 2.45) is 5.73 Å². The van der Waals surface area contributed by atoms with Crippen molar-refractivity contribution >= 4 is 28.5 Å². The minimum atomic E-state index is -0.458. The van der Waals surface area contributed by atoms with Crippen LogP contribution in [-0.2, 0) is 0 Å². The van der Waals surface area contributed by atoms with E-state index in [-0.39, 0.29) is 0 Å². The molecule has 4 heteroatoms. The second kappa shape index (κ2) is 3.75. The summed E-state index contributed by atoms with van der Waals surface area (Å²) in [4.78, 5) is 10.9. The Morgan fingerprint density at radius 2 is 2.23 bits per heavy atom. The maximum atomic E-state index is 10.9. The van der Waals surface area contributed by atoms with Crippen LogP contribution in [0.3, 0.4) is 0 Å². The summed E-state index contributed by atoms with van der Waals surface area (Å²) in [6, 6.07) is 5.23. The molecule has 0 heterocycles. The van der Waals surface area contributed by atoms with E-state index in [1.807, 2.05) is 28.7 Å². The summed E-state index contributed by atoms with van der Waals surface area (Å²) >= 11 is 2.03. The van der Waals surface area contributed by atoms with Crippen LogP contribution in [0.25, 0.3) is 0 Å². The zero-order chi connectivity index (χ0) is 10.0. The van der Waals surface area contributed by atoms with Crippen LogP contribution in [0.1, 0.15) is 21.5 Å². The first kappa shape index (κ1) is 9.99. The summed E-state index contributed by atoms with van der Waals surface area (Å²) in [7, 11) is 0. The number of carbonyl (C=O) groups excluding carboxylic acids is 1. The van der Waals surface area contributed by atoms with E-state index in [4.69, 9.17) is 11.0 Å². The van der Waals surface area contributed by atoms with E-state index in [0.717, 1.165) is 9.13 Å². The van der Waals surface area contributed by atoms with Gasteiger partial charge < -0.3 is 5.73 Å². The van der Waals surface area contributed by atoms with Gasteiger partial charge in [-0.05, 0) is 47.2 Å². The Morgan fingerprint density at radius 1 is 1.62 bits per heavy atom. The normalized spacial score (nSPS) is 9.31. The minimum Gasteiger partial charge on any atom is -0.366 e. The van der Waals surface area contributed by atoms with Gasteiger partial charge in [0.25, 0.3) is 0 Å². The van der Waals surface area contributed by atoms with Crippen LogP contribution in [-0.4, -0.2) is 5.91 Å². The Labute approximate surface area is 89.7 Å². The van der Waals surface area contributed by atoms with Gasteiger partial charge in [-0.25, -0.2) is 0 Å². The number of primary amides is 1. The van der Waals surface area contributed by atoms with Crippen LogP contribution < -0.4 is 5.73 Å². The predicted octanol–water partition coefficient (Wildman–Crippen LogP) is 1.57. The second-order valence-corrected chi connectivity index (χ2v) is 3.65. The van der Waals surface area contributed by atoms with Crippen LogP contribution in [0.2, 0.25) is 0 Å². The molecule has 0 spiro atoms. The molecule has 1 aromatic rings. The quantitative estimate of drug-likeness (QED) is 0.796. The molecule has 13 heavy (non-hydrogen) atoms. The van der Waals surface area contributed by atoms with Crippen molar-refractivity contribution in [1.29, 1.82) is 5.26 Å². The third-order valence-corrected chi connectivity index (χ3v) is 3.16. The number of halogens is 1. The highest BCUT2D eigenvalue weighted by Gasteiger charge is 2.10. The monoisotopic (exact) mass is 286 g/mol. The van der Waals surface area contributed by atoms with Gasteiger partial charge in [0.05, 0.1) is 5.56 Å². The smallest absolute Gasteiger partial charge is 0.249 e. The van der Waals surface area contributed by atoms with Crippen molar-refractivity contribution in [3.05, 3.63) is 32.4 Å². The molecule has 0 radical (unpaired) electrons. The molecule has 2 N–H and O–H groups in total. The van der Waals surface area contributed by atoms with Gasteiger partial charge in [0, 0.05) is 9.13 Å². The number of amides is 1. The van der Waals surface area contributed by atoms with E-state index >= 15 is 0 Å². The molecule has 0 unspecified atom stereocenters. The van der Waals surface area contributed by atoms with E-state index in [0.29, 0.717) is 11.1 Å². The van der Waals surface area contributed by atoms with Crippen molar-refractivity contribution in [3.8, 4) is 6.07 Å². The minimum absolute atomic E-state index is 0.458. The van der Waals surface area contributed by atoms with Crippen LogP contribution >= 0.6 is 22.6 Å². The molecule has 3 nitrogen and oxygen atoms in total. The zero-order valence-electron chi connectivity index (χ0n) is 6.97. The van der Waals surface area contributed by atoms with Crippen LogP contribution in [0, 0.1) is 21.8 Å². The van der Waals surface area contributed by atoms with Gasteiger partial charge in [0.2, 0.25) is 5.91 Å². The summed E-state index contributed by atoms with van der Waals surface area (Å²) in [5.74, 6) is -0.458. The lowest BCUT2D eigenvalue weighted by molar-refractivity contribution is 0.0999. The molecule has 0 aliphatic carbocycles. The molecule has 1 amide bonds. The lowest BCUT2D eigenvalue weighted by Gasteiger charge is -2.04. The largest absolute Gasteiger partial charge is 0.366 e. The Bertz CT molecular complexity index is 407. The van der Waals surface area contributed by atoms with Gasteiger partial charge in [-0.2, -0.15) is 5.26 Å². The van der Waals surface area contributed by atoms with Crippen molar-refractivity contribution in [3.63, 3.8) is 0 Å². The van der Waals surface area contributed by atoms with Gasteiger partial charge >= 0.3 is 0 Å². The number of hydrogen-bond acceptors (Lipinski definition) is 2. The molecular weight excluding hydrogens is 279 g/mol. The number of carbonyl (C=O) groups is 1. The van der Waals surface area contributed by atoms with Gasteiger partial charge in [-0.15, -0.1) is 0 Å². The standard InChI is InChI=1S/C9H7IN2O/c1-5-7(9(12)13)3-2-6(4-11)8(5)10/h2-3H,1H3,(H2,12,13). The Kier molecular flexibility index (Phi) is 2.88. The van der Waals surface area contributed by atoms with Crippen LogP contribution in [0.4, 0.5) is 0 Å². The van der Waals surface area contributed by atoms with E-state index in [1.54, 1.807) is 19.1 Å². The summed E-state index contributed by atoms with van der Waals surface area (Å²) in [6.45, 7) is 1.78. The number of nitriles is 1. The SMILES string of the molecule is Cc1c(C(N)=O)ccc(C#N)c1I. The maximum absolute atomic E-state index is 10.9. The molecule has 0 fully saturated rings. The molecular formula is C9H7IN2O. The summed E-state index contributed by atoms with van der Waals surface area (Å²) in [6.07, 6.45) is 0. The Morgan fingerprint density at radius 3 is 2.69 bits per heavy atom. The topological polar surface area (TPSA) is 66.9 Å². The van der Waals surface area contributed by atoms with Gasteiger partial charge in [-0.3, -0.25) is 4.79 Å². The fourth-order valence-corrected chi connectivity index (χ4v) is 1.63. The molecule has 1 aromatic carbocycles. The van der Waals surface area contributed by atoms with Crippen molar-refractivity contribution < 1.29 is 4.79 Å². The van der Waals surface area contributed by atoms with Crippen molar-refractivity contribution in [1.82, 2.24) is 0 Å². The van der Waals surface area contributed by atoms with Crippen LogP contribution in [0.15, 0.2) is 12.1 Å². The molecule has 0 bridgehead atoms. The molecule has 0 saturated carbocycles. The molecule has 66 valence electrons. The van der Waals surface area contributed by atoms with E-state index in [2.05, 4.69) is 0 Å². The second-order valence-electron chi connectivity index (χ2n) is 2.58. The van der Waals surface area contributed by atoms with Crippen LogP contribution in [0.5, 0.6) is 0 Å². The van der Waals surface area contributed by atoms with Gasteiger partial charge in [0.1, 0.15) is 6.07 Å². The summed E-state index contributed by atoms with van der Waals surface area (Å²) in [5, 5.41) is 8.70. The molecule has 0 aliphatic heterocycles. The first-order valence-corrected chi connectivity index (χ1v) is 4.64. The number of hydrogen-bond donors (Lipinski definition) is 1. The average molecular weight is 286 g/mol. The van der Waals surface area contributed by atoms with Crippen molar-refractivity contribution in [2.75, 3.05) is 0 Å². The first-order valence-electron chi connectivity index (χ1n) is 3.57. The lowest BCUT2D eigenvalue weighted by Crippen LogP contribution is -2.13. The Balaban J connectivity index is 3.42. The molecule has 0 aromatic heterocycles. The van der Waals surface area contributed by atoms with Crippen molar-refractivity contribution in [2.45, 2.75) is 6.92 Å².